The van der Waals surface area contributed by atoms with Crippen LogP contribution < -0.4 is 15.1 Å². The molecular formula is C24H22N2O4. The van der Waals surface area contributed by atoms with Crippen molar-refractivity contribution in [2.75, 3.05) is 4.90 Å². The number of carbonyl (C=O) groups excluding carboxylic acids is 2. The van der Waals surface area contributed by atoms with Gasteiger partial charge in [-0.05, 0) is 48.7 Å². The molecule has 0 fully saturated rings. The van der Waals surface area contributed by atoms with Gasteiger partial charge >= 0.3 is 0 Å². The largest absolute Gasteiger partial charge is 0.476 e. The molecule has 6 nitrogen and oxygen atoms in total. The summed E-state index contributed by atoms with van der Waals surface area (Å²) in [5.74, 6) is -0.356. The third-order valence-corrected chi connectivity index (χ3v) is 5.17. The lowest BCUT2D eigenvalue weighted by molar-refractivity contribution is -0.132. The van der Waals surface area contributed by atoms with E-state index in [1.54, 1.807) is 42.4 Å². The molecule has 0 bridgehead atoms. The second kappa shape index (κ2) is 7.65. The minimum atomic E-state index is -1.05. The molecule has 0 unspecified atom stereocenters. The molecule has 2 N–H and O–H groups in total. The Kier molecular flexibility index (Phi) is 5.01. The highest BCUT2D eigenvalue weighted by Crippen LogP contribution is 2.40. The van der Waals surface area contributed by atoms with Crippen LogP contribution in [-0.2, 0) is 11.3 Å². The van der Waals surface area contributed by atoms with Crippen LogP contribution >= 0.6 is 0 Å². The third-order valence-electron chi connectivity index (χ3n) is 5.17. The van der Waals surface area contributed by atoms with Crippen LogP contribution in [0.25, 0.3) is 11.1 Å². The number of hydroxylamine groups is 1. The van der Waals surface area contributed by atoms with Gasteiger partial charge in [-0.15, -0.1) is 0 Å². The van der Waals surface area contributed by atoms with E-state index in [4.69, 9.17) is 9.94 Å². The van der Waals surface area contributed by atoms with E-state index in [2.05, 4.69) is 0 Å². The Hall–Kier alpha value is -3.64. The lowest BCUT2D eigenvalue weighted by atomic mass is 9.97. The summed E-state index contributed by atoms with van der Waals surface area (Å²) in [5, 5.41) is 8.98. The number of fused-ring (bicyclic) bond motifs is 1. The first kappa shape index (κ1) is 19.7. The van der Waals surface area contributed by atoms with Gasteiger partial charge in [0.15, 0.2) is 5.60 Å². The van der Waals surface area contributed by atoms with Crippen molar-refractivity contribution in [3.63, 3.8) is 0 Å². The molecule has 0 aromatic heterocycles. The number of nitrogens with zero attached hydrogens (tertiary/aromatic N) is 1. The average molecular weight is 402 g/mol. The highest BCUT2D eigenvalue weighted by Gasteiger charge is 2.41. The van der Waals surface area contributed by atoms with E-state index in [1.807, 2.05) is 54.6 Å². The number of amides is 2. The van der Waals surface area contributed by atoms with E-state index in [0.29, 0.717) is 18.0 Å². The zero-order valence-electron chi connectivity index (χ0n) is 16.8. The number of carbonyl (C=O) groups is 2. The fourth-order valence-electron chi connectivity index (χ4n) is 3.66. The van der Waals surface area contributed by atoms with Crippen LogP contribution in [0, 0.1) is 0 Å². The summed E-state index contributed by atoms with van der Waals surface area (Å²) in [5.41, 5.74) is 4.36. The van der Waals surface area contributed by atoms with Crippen molar-refractivity contribution < 1.29 is 19.5 Å². The Bertz CT molecular complexity index is 1110. The van der Waals surface area contributed by atoms with Gasteiger partial charge in [-0.25, -0.2) is 5.48 Å². The smallest absolute Gasteiger partial charge is 0.274 e. The number of rotatable bonds is 4. The van der Waals surface area contributed by atoms with Gasteiger partial charge in [0.2, 0.25) is 0 Å². The quantitative estimate of drug-likeness (QED) is 0.507. The predicted octanol–water partition coefficient (Wildman–Crippen LogP) is 4.18. The van der Waals surface area contributed by atoms with Crippen molar-refractivity contribution in [3.8, 4) is 16.9 Å². The zero-order valence-corrected chi connectivity index (χ0v) is 16.8. The number of hydrogen-bond acceptors (Lipinski definition) is 4. The number of anilines is 1. The zero-order chi connectivity index (χ0) is 21.3. The van der Waals surface area contributed by atoms with E-state index in [-0.39, 0.29) is 11.5 Å². The maximum absolute atomic E-state index is 13.3. The third kappa shape index (κ3) is 3.53. The molecule has 0 spiro atoms. The van der Waals surface area contributed by atoms with Gasteiger partial charge in [0.1, 0.15) is 5.75 Å². The normalized spacial score (nSPS) is 14.6. The van der Waals surface area contributed by atoms with Gasteiger partial charge in [0.25, 0.3) is 11.8 Å². The molecule has 152 valence electrons. The van der Waals surface area contributed by atoms with Crippen molar-refractivity contribution >= 4 is 17.5 Å². The predicted molar refractivity (Wildman–Crippen MR) is 113 cm³/mol. The Morgan fingerprint density at radius 2 is 1.73 bits per heavy atom. The van der Waals surface area contributed by atoms with Crippen LogP contribution in [-0.4, -0.2) is 22.6 Å². The number of nitrogens with one attached hydrogen (secondary N) is 1. The van der Waals surface area contributed by atoms with Crippen LogP contribution in [0.1, 0.15) is 29.8 Å². The lowest BCUT2D eigenvalue weighted by Crippen LogP contribution is -2.52. The summed E-state index contributed by atoms with van der Waals surface area (Å²) in [7, 11) is 0. The summed E-state index contributed by atoms with van der Waals surface area (Å²) in [6.07, 6.45) is 0. The number of benzene rings is 3. The van der Waals surface area contributed by atoms with Crippen molar-refractivity contribution in [2.45, 2.75) is 26.0 Å². The Balaban J connectivity index is 1.80. The molecule has 1 heterocycles. The summed E-state index contributed by atoms with van der Waals surface area (Å²) in [4.78, 5) is 26.8. The molecule has 0 saturated heterocycles. The Morgan fingerprint density at radius 1 is 1.03 bits per heavy atom. The van der Waals surface area contributed by atoms with Gasteiger partial charge < -0.3 is 9.64 Å². The van der Waals surface area contributed by atoms with Crippen molar-refractivity contribution in [3.05, 3.63) is 83.9 Å². The maximum Gasteiger partial charge on any atom is 0.274 e. The van der Waals surface area contributed by atoms with E-state index in [1.165, 1.54) is 0 Å². The van der Waals surface area contributed by atoms with E-state index in [0.717, 1.165) is 16.7 Å². The molecule has 4 rings (SSSR count). The molecule has 0 aliphatic carbocycles. The fraction of sp³-hybridized carbons (Fsp3) is 0.167. The second-order valence-corrected chi connectivity index (χ2v) is 7.65. The van der Waals surface area contributed by atoms with Gasteiger partial charge in [-0.3, -0.25) is 14.8 Å². The molecule has 6 heteroatoms. The SMILES string of the molecule is CC1(C)Oc2ccc(C(=O)NO)cc2N(Cc2ccccc2-c2ccccc2)C1=O. The second-order valence-electron chi connectivity index (χ2n) is 7.65. The summed E-state index contributed by atoms with van der Waals surface area (Å²) < 4.78 is 5.90. The number of hydrogen-bond donors (Lipinski definition) is 2. The van der Waals surface area contributed by atoms with Crippen molar-refractivity contribution in [1.82, 2.24) is 5.48 Å². The van der Waals surface area contributed by atoms with Crippen LogP contribution in [0.3, 0.4) is 0 Å². The van der Waals surface area contributed by atoms with E-state index < -0.39 is 11.5 Å². The highest BCUT2D eigenvalue weighted by molar-refractivity contribution is 6.04. The standard InChI is InChI=1S/C24H22N2O4/c1-24(2)23(28)26(20-14-17(22(27)25-29)12-13-21(20)30-24)15-18-10-6-7-11-19(18)16-8-4-3-5-9-16/h3-14,29H,15H2,1-2H3,(H,25,27). The fourth-order valence-corrected chi connectivity index (χ4v) is 3.66. The van der Waals surface area contributed by atoms with Gasteiger partial charge in [0, 0.05) is 5.56 Å². The Morgan fingerprint density at radius 3 is 2.47 bits per heavy atom. The first-order chi connectivity index (χ1) is 14.4. The molecule has 3 aromatic rings. The molecule has 0 atom stereocenters. The van der Waals surface area contributed by atoms with E-state index >= 15 is 0 Å². The molecule has 2 amide bonds. The van der Waals surface area contributed by atoms with Gasteiger partial charge in [-0.1, -0.05) is 54.6 Å². The monoisotopic (exact) mass is 402 g/mol. The maximum atomic E-state index is 13.3. The van der Waals surface area contributed by atoms with Crippen LogP contribution in [0.2, 0.25) is 0 Å². The van der Waals surface area contributed by atoms with Gasteiger partial charge in [0.05, 0.1) is 12.2 Å². The highest BCUT2D eigenvalue weighted by atomic mass is 16.5. The minimum absolute atomic E-state index is 0.209. The van der Waals surface area contributed by atoms with Gasteiger partial charge in [-0.2, -0.15) is 0 Å². The lowest BCUT2D eigenvalue weighted by Gasteiger charge is -2.39. The van der Waals surface area contributed by atoms with Crippen LogP contribution in [0.15, 0.2) is 72.8 Å². The number of ether oxygens (including phenoxy) is 1. The minimum Gasteiger partial charge on any atom is -0.476 e. The Labute approximate surface area is 174 Å². The van der Waals surface area contributed by atoms with Crippen LogP contribution in [0.5, 0.6) is 5.75 Å². The summed E-state index contributed by atoms with van der Waals surface area (Å²) >= 11 is 0. The molecule has 0 radical (unpaired) electrons. The molecule has 0 saturated carbocycles. The first-order valence-corrected chi connectivity index (χ1v) is 9.63. The van der Waals surface area contributed by atoms with E-state index in [9.17, 15) is 9.59 Å². The van der Waals surface area contributed by atoms with Crippen molar-refractivity contribution in [1.29, 1.82) is 0 Å². The first-order valence-electron chi connectivity index (χ1n) is 9.63. The molecule has 1 aliphatic rings. The molecule has 1 aliphatic heterocycles. The molecule has 30 heavy (non-hydrogen) atoms. The average Bonchev–Trinajstić information content (AvgIpc) is 2.77. The van der Waals surface area contributed by atoms with Crippen molar-refractivity contribution in [2.24, 2.45) is 0 Å². The topological polar surface area (TPSA) is 78.9 Å². The summed E-state index contributed by atoms with van der Waals surface area (Å²) in [6.45, 7) is 3.76. The molecule has 3 aromatic carbocycles. The van der Waals surface area contributed by atoms with Crippen LogP contribution in [0.4, 0.5) is 5.69 Å². The molecular weight excluding hydrogens is 380 g/mol. The summed E-state index contributed by atoms with van der Waals surface area (Å²) in [6, 6.07) is 22.6.